The zero-order valence-electron chi connectivity index (χ0n) is 10.3. The third kappa shape index (κ3) is 4.96. The van der Waals surface area contributed by atoms with Gasteiger partial charge in [0.2, 0.25) is 0 Å². The van der Waals surface area contributed by atoms with Crippen LogP contribution < -0.4 is 0 Å². The number of carbonyl (C=O) groups excluding carboxylic acids is 1. The van der Waals surface area contributed by atoms with Crippen LogP contribution in [0.1, 0.15) is 15.9 Å². The van der Waals surface area contributed by atoms with Crippen molar-refractivity contribution < 1.29 is 27.3 Å². The van der Waals surface area contributed by atoms with E-state index < -0.39 is 7.82 Å². The molecule has 0 aromatic carbocycles. The van der Waals surface area contributed by atoms with Gasteiger partial charge in [0.15, 0.2) is 6.29 Å². The third-order valence-corrected chi connectivity index (χ3v) is 3.36. The fourth-order valence-corrected chi connectivity index (χ4v) is 2.20. The van der Waals surface area contributed by atoms with Crippen molar-refractivity contribution in [2.45, 2.75) is 6.61 Å². The van der Waals surface area contributed by atoms with Crippen LogP contribution >= 0.6 is 7.82 Å². The molecule has 0 spiro atoms. The van der Waals surface area contributed by atoms with Gasteiger partial charge in [-0.05, 0) is 0 Å². The molecule has 0 atom stereocenters. The molecule has 0 aliphatic carbocycles. The highest BCUT2D eigenvalue weighted by Crippen LogP contribution is 2.50. The zero-order chi connectivity index (χ0) is 14.1. The molecule has 7 heteroatoms. The Morgan fingerprint density at radius 3 is 2.32 bits per heavy atom. The van der Waals surface area contributed by atoms with Crippen LogP contribution in [0, 0.1) is 0 Å². The van der Waals surface area contributed by atoms with Gasteiger partial charge in [-0.15, -0.1) is 13.2 Å². The number of aldehydes is 1. The van der Waals surface area contributed by atoms with E-state index in [0.717, 1.165) is 0 Å². The molecule has 0 amide bonds. The fourth-order valence-electron chi connectivity index (χ4n) is 1.10. The molecule has 0 bridgehead atoms. The van der Waals surface area contributed by atoms with Gasteiger partial charge >= 0.3 is 7.82 Å². The molecule has 0 N–H and O–H groups in total. The first kappa shape index (κ1) is 15.6. The number of furan rings is 1. The minimum atomic E-state index is -3.72. The van der Waals surface area contributed by atoms with Crippen LogP contribution in [0.2, 0.25) is 0 Å². The molecule has 0 saturated carbocycles. The lowest BCUT2D eigenvalue weighted by atomic mass is 10.2. The molecule has 0 radical (unpaired) electrons. The Morgan fingerprint density at radius 1 is 1.16 bits per heavy atom. The van der Waals surface area contributed by atoms with E-state index in [4.69, 9.17) is 18.0 Å². The predicted octanol–water partition coefficient (Wildman–Crippen LogP) is 3.12. The SMILES string of the molecule is C=CCOP(=O)(OCC=C)OCc1cocc1C=O. The Hall–Kier alpha value is -1.46. The van der Waals surface area contributed by atoms with Gasteiger partial charge in [-0.3, -0.25) is 18.4 Å². The lowest BCUT2D eigenvalue weighted by Gasteiger charge is -2.16. The number of hydrogen-bond acceptors (Lipinski definition) is 6. The maximum Gasteiger partial charge on any atom is 0.475 e. The van der Waals surface area contributed by atoms with Crippen LogP contribution in [0.3, 0.4) is 0 Å². The molecule has 1 rings (SSSR count). The van der Waals surface area contributed by atoms with E-state index in [2.05, 4.69) is 13.2 Å². The standard InChI is InChI=1S/C12H15O6P/c1-3-5-16-19(14,17-6-4-2)18-10-12-9-15-8-11(12)7-13/h3-4,7-9H,1-2,5-6,10H2. The maximum absolute atomic E-state index is 12.1. The van der Waals surface area contributed by atoms with E-state index in [1.807, 2.05) is 0 Å². The molecule has 1 heterocycles. The second-order valence-electron chi connectivity index (χ2n) is 3.36. The largest absolute Gasteiger partial charge is 0.475 e. The average molecular weight is 286 g/mol. The van der Waals surface area contributed by atoms with Crippen LogP contribution in [-0.2, 0) is 24.7 Å². The first-order chi connectivity index (χ1) is 9.15. The molecule has 0 fully saturated rings. The first-order valence-corrected chi connectivity index (χ1v) is 6.87. The summed E-state index contributed by atoms with van der Waals surface area (Å²) in [5.41, 5.74) is 0.777. The molecule has 0 saturated heterocycles. The highest BCUT2D eigenvalue weighted by molar-refractivity contribution is 7.48. The fraction of sp³-hybridized carbons (Fsp3) is 0.250. The summed E-state index contributed by atoms with van der Waals surface area (Å²) in [6.07, 6.45) is 6.05. The van der Waals surface area contributed by atoms with Crippen LogP contribution in [-0.4, -0.2) is 19.5 Å². The number of rotatable bonds is 10. The summed E-state index contributed by atoms with van der Waals surface area (Å²) in [6, 6.07) is 0. The van der Waals surface area contributed by atoms with E-state index in [9.17, 15) is 9.36 Å². The Kier molecular flexibility index (Phi) is 6.45. The van der Waals surface area contributed by atoms with E-state index in [0.29, 0.717) is 17.4 Å². The summed E-state index contributed by atoms with van der Waals surface area (Å²) in [6.45, 7) is 6.79. The Labute approximate surface area is 111 Å². The molecular weight excluding hydrogens is 271 g/mol. The van der Waals surface area contributed by atoms with E-state index in [-0.39, 0.29) is 19.8 Å². The van der Waals surface area contributed by atoms with Crippen LogP contribution in [0.4, 0.5) is 0 Å². The van der Waals surface area contributed by atoms with Crippen molar-refractivity contribution in [3.8, 4) is 0 Å². The summed E-state index contributed by atoms with van der Waals surface area (Å²) >= 11 is 0. The van der Waals surface area contributed by atoms with Crippen LogP contribution in [0.25, 0.3) is 0 Å². The number of hydrogen-bond donors (Lipinski definition) is 0. The molecular formula is C12H15O6P. The normalized spacial score (nSPS) is 11.2. The Balaban J connectivity index is 2.66. The smallest absolute Gasteiger partial charge is 0.471 e. The average Bonchev–Trinajstić information content (AvgIpc) is 2.88. The van der Waals surface area contributed by atoms with Gasteiger partial charge in [-0.2, -0.15) is 0 Å². The molecule has 104 valence electrons. The van der Waals surface area contributed by atoms with Crippen molar-refractivity contribution in [1.82, 2.24) is 0 Å². The number of phosphoric ester groups is 1. The minimum Gasteiger partial charge on any atom is -0.471 e. The summed E-state index contributed by atoms with van der Waals surface area (Å²) in [5, 5.41) is 0. The zero-order valence-corrected chi connectivity index (χ0v) is 11.2. The van der Waals surface area contributed by atoms with Gasteiger partial charge in [0.1, 0.15) is 6.26 Å². The second kappa shape index (κ2) is 7.86. The topological polar surface area (TPSA) is 75.0 Å². The van der Waals surface area contributed by atoms with Gasteiger partial charge in [0.05, 0.1) is 31.6 Å². The number of phosphoric acid groups is 1. The molecule has 0 aliphatic rings. The predicted molar refractivity (Wildman–Crippen MR) is 68.8 cm³/mol. The summed E-state index contributed by atoms with van der Waals surface area (Å²) in [4.78, 5) is 10.7. The van der Waals surface area contributed by atoms with Gasteiger partial charge in [-0.25, -0.2) is 4.57 Å². The quantitative estimate of drug-likeness (QED) is 0.373. The van der Waals surface area contributed by atoms with Gasteiger partial charge < -0.3 is 4.42 Å². The lowest BCUT2D eigenvalue weighted by Crippen LogP contribution is -2.01. The van der Waals surface area contributed by atoms with Crippen molar-refractivity contribution in [2.75, 3.05) is 13.2 Å². The van der Waals surface area contributed by atoms with Crippen molar-refractivity contribution in [3.63, 3.8) is 0 Å². The van der Waals surface area contributed by atoms with Crippen LogP contribution in [0.15, 0.2) is 42.3 Å². The highest BCUT2D eigenvalue weighted by atomic mass is 31.2. The van der Waals surface area contributed by atoms with Crippen LogP contribution in [0.5, 0.6) is 0 Å². The summed E-state index contributed by atoms with van der Waals surface area (Å²) < 4.78 is 32.1. The number of carbonyl (C=O) groups is 1. The molecule has 0 unspecified atom stereocenters. The Morgan fingerprint density at radius 2 is 1.79 bits per heavy atom. The van der Waals surface area contributed by atoms with E-state index in [1.54, 1.807) is 0 Å². The van der Waals surface area contributed by atoms with Crippen molar-refractivity contribution in [2.24, 2.45) is 0 Å². The van der Waals surface area contributed by atoms with Gasteiger partial charge in [0, 0.05) is 5.56 Å². The molecule has 0 aliphatic heterocycles. The first-order valence-electron chi connectivity index (χ1n) is 5.41. The Bertz CT molecular complexity index is 462. The van der Waals surface area contributed by atoms with E-state index >= 15 is 0 Å². The maximum atomic E-state index is 12.1. The van der Waals surface area contributed by atoms with Crippen molar-refractivity contribution in [1.29, 1.82) is 0 Å². The lowest BCUT2D eigenvalue weighted by molar-refractivity contribution is 0.111. The summed E-state index contributed by atoms with van der Waals surface area (Å²) in [5.74, 6) is 0. The van der Waals surface area contributed by atoms with Gasteiger partial charge in [0.25, 0.3) is 0 Å². The minimum absolute atomic E-state index is 0.0142. The monoisotopic (exact) mass is 286 g/mol. The molecule has 19 heavy (non-hydrogen) atoms. The van der Waals surface area contributed by atoms with Crippen molar-refractivity contribution >= 4 is 14.1 Å². The second-order valence-corrected chi connectivity index (χ2v) is 5.03. The highest BCUT2D eigenvalue weighted by Gasteiger charge is 2.26. The molecule has 1 aromatic rings. The third-order valence-electron chi connectivity index (χ3n) is 1.98. The van der Waals surface area contributed by atoms with E-state index in [1.165, 1.54) is 24.7 Å². The summed E-state index contributed by atoms with van der Waals surface area (Å²) in [7, 11) is -3.72. The molecule has 6 nitrogen and oxygen atoms in total. The van der Waals surface area contributed by atoms with Gasteiger partial charge in [-0.1, -0.05) is 12.2 Å². The van der Waals surface area contributed by atoms with Crippen molar-refractivity contribution in [3.05, 3.63) is 49.0 Å². The molecule has 1 aromatic heterocycles.